The summed E-state index contributed by atoms with van der Waals surface area (Å²) in [4.78, 5) is 20.4. The van der Waals surface area contributed by atoms with E-state index in [1.54, 1.807) is 11.3 Å². The van der Waals surface area contributed by atoms with Crippen molar-refractivity contribution in [2.24, 2.45) is 0 Å². The molecule has 5 nitrogen and oxygen atoms in total. The monoisotopic (exact) mass is 283 g/mol. The molecule has 0 saturated heterocycles. The quantitative estimate of drug-likeness (QED) is 0.852. The minimum absolute atomic E-state index is 0.0212. The molecule has 2 heterocycles. The van der Waals surface area contributed by atoms with Gasteiger partial charge in [-0.3, -0.25) is 4.79 Å². The van der Waals surface area contributed by atoms with Crippen LogP contribution in [0.4, 0.5) is 0 Å². The Kier molecular flexibility index (Phi) is 4.03. The van der Waals surface area contributed by atoms with Crippen molar-refractivity contribution >= 4 is 29.1 Å². The molecule has 18 heavy (non-hydrogen) atoms. The predicted molar refractivity (Wildman–Crippen MR) is 71.3 cm³/mol. The van der Waals surface area contributed by atoms with Crippen molar-refractivity contribution in [1.29, 1.82) is 0 Å². The Morgan fingerprint density at radius 2 is 2.33 bits per heavy atom. The molecule has 96 valence electrons. The summed E-state index contributed by atoms with van der Waals surface area (Å²) in [5.41, 5.74) is 0.885. The lowest BCUT2D eigenvalue weighted by molar-refractivity contribution is -0.133. The van der Waals surface area contributed by atoms with Crippen molar-refractivity contribution in [3.8, 4) is 0 Å². The number of hydrogen-bond acceptors (Lipinski definition) is 5. The highest BCUT2D eigenvalue weighted by atomic mass is 32.2. The van der Waals surface area contributed by atoms with Crippen molar-refractivity contribution in [2.75, 3.05) is 5.75 Å². The number of carboxylic acids is 1. The number of thioether (sulfide) groups is 1. The number of nitrogens with zero attached hydrogens (tertiary/aromatic N) is 3. The highest BCUT2D eigenvalue weighted by Gasteiger charge is 2.10. The van der Waals surface area contributed by atoms with Gasteiger partial charge in [0.15, 0.2) is 5.16 Å². The maximum atomic E-state index is 10.6. The molecule has 0 aliphatic carbocycles. The lowest BCUT2D eigenvalue weighted by Gasteiger charge is -2.03. The molecule has 0 fully saturated rings. The van der Waals surface area contributed by atoms with Crippen LogP contribution in [0.25, 0.3) is 0 Å². The molecule has 2 aromatic rings. The van der Waals surface area contributed by atoms with Gasteiger partial charge in [0.2, 0.25) is 0 Å². The van der Waals surface area contributed by atoms with Crippen molar-refractivity contribution in [2.45, 2.75) is 25.5 Å². The summed E-state index contributed by atoms with van der Waals surface area (Å²) < 4.78 is 1.95. The zero-order valence-electron chi connectivity index (χ0n) is 10.1. The van der Waals surface area contributed by atoms with Crippen LogP contribution in [0, 0.1) is 13.8 Å². The summed E-state index contributed by atoms with van der Waals surface area (Å²) in [6.07, 6.45) is 3.76. The van der Waals surface area contributed by atoms with Crippen LogP contribution in [0.15, 0.2) is 17.6 Å². The third-order valence-electron chi connectivity index (χ3n) is 2.16. The van der Waals surface area contributed by atoms with Crippen LogP contribution in [0.5, 0.6) is 0 Å². The zero-order valence-corrected chi connectivity index (χ0v) is 11.7. The topological polar surface area (TPSA) is 68.0 Å². The van der Waals surface area contributed by atoms with Gasteiger partial charge in [0.05, 0.1) is 18.0 Å². The van der Waals surface area contributed by atoms with E-state index in [1.165, 1.54) is 16.6 Å². The van der Waals surface area contributed by atoms with E-state index >= 15 is 0 Å². The van der Waals surface area contributed by atoms with Crippen LogP contribution in [0.3, 0.4) is 0 Å². The van der Waals surface area contributed by atoms with Gasteiger partial charge < -0.3 is 9.67 Å². The van der Waals surface area contributed by atoms with Crippen LogP contribution < -0.4 is 0 Å². The third-order valence-corrected chi connectivity index (χ3v) is 4.03. The minimum atomic E-state index is -0.836. The lowest BCUT2D eigenvalue weighted by Crippen LogP contribution is -2.03. The van der Waals surface area contributed by atoms with E-state index in [1.807, 2.05) is 30.8 Å². The molecule has 0 aliphatic heterocycles. The summed E-state index contributed by atoms with van der Waals surface area (Å²) >= 11 is 2.87. The normalized spacial score (nSPS) is 10.8. The first-order chi connectivity index (χ1) is 8.54. The van der Waals surface area contributed by atoms with Crippen molar-refractivity contribution in [3.63, 3.8) is 0 Å². The van der Waals surface area contributed by atoms with E-state index in [2.05, 4.69) is 9.97 Å². The van der Waals surface area contributed by atoms with Crippen molar-refractivity contribution in [1.82, 2.24) is 14.5 Å². The second kappa shape index (κ2) is 5.53. The smallest absolute Gasteiger partial charge is 0.313 e. The maximum Gasteiger partial charge on any atom is 0.313 e. The Morgan fingerprint density at radius 3 is 2.94 bits per heavy atom. The minimum Gasteiger partial charge on any atom is -0.481 e. The number of thiazole rings is 1. The highest BCUT2D eigenvalue weighted by Crippen LogP contribution is 2.20. The first-order valence-electron chi connectivity index (χ1n) is 5.34. The molecule has 0 aliphatic rings. The zero-order chi connectivity index (χ0) is 13.1. The molecule has 2 aromatic heterocycles. The SMILES string of the molecule is Cc1cn(Cc2ncc(C)s2)c(SCC(=O)O)n1. The Labute approximate surface area is 113 Å². The Bertz CT molecular complexity index is 562. The molecule has 0 atom stereocenters. The van der Waals surface area contributed by atoms with E-state index in [0.29, 0.717) is 6.54 Å². The number of aryl methyl sites for hydroxylation is 2. The van der Waals surface area contributed by atoms with Gasteiger partial charge in [-0.05, 0) is 13.8 Å². The number of rotatable bonds is 5. The predicted octanol–water partition coefficient (Wildman–Crippen LogP) is 2.18. The van der Waals surface area contributed by atoms with E-state index in [4.69, 9.17) is 5.11 Å². The standard InChI is InChI=1S/C11H13N3O2S2/c1-7-4-14(5-9-12-3-8(2)18-9)11(13-7)17-6-10(15)16/h3-4H,5-6H2,1-2H3,(H,15,16). The van der Waals surface area contributed by atoms with Gasteiger partial charge in [-0.15, -0.1) is 11.3 Å². The summed E-state index contributed by atoms with van der Waals surface area (Å²) in [5, 5.41) is 10.4. The number of aromatic nitrogens is 3. The number of aliphatic carboxylic acids is 1. The molecule has 0 amide bonds. The molecule has 7 heteroatoms. The average Bonchev–Trinajstić information content (AvgIpc) is 2.83. The fourth-order valence-corrected chi connectivity index (χ4v) is 3.03. The van der Waals surface area contributed by atoms with E-state index in [-0.39, 0.29) is 5.75 Å². The molecular weight excluding hydrogens is 270 g/mol. The van der Waals surface area contributed by atoms with Gasteiger partial charge in [0.25, 0.3) is 0 Å². The molecule has 0 radical (unpaired) electrons. The van der Waals surface area contributed by atoms with Crippen LogP contribution in [0.1, 0.15) is 15.6 Å². The average molecular weight is 283 g/mol. The molecule has 0 aromatic carbocycles. The lowest BCUT2D eigenvalue weighted by atomic mass is 10.5. The molecule has 0 unspecified atom stereocenters. The van der Waals surface area contributed by atoms with Gasteiger partial charge in [0, 0.05) is 17.3 Å². The van der Waals surface area contributed by atoms with Gasteiger partial charge in [0.1, 0.15) is 5.01 Å². The number of hydrogen-bond donors (Lipinski definition) is 1. The maximum absolute atomic E-state index is 10.6. The van der Waals surface area contributed by atoms with Crippen LogP contribution in [-0.2, 0) is 11.3 Å². The van der Waals surface area contributed by atoms with Gasteiger partial charge in [-0.1, -0.05) is 11.8 Å². The summed E-state index contributed by atoms with van der Waals surface area (Å²) in [6.45, 7) is 4.55. The fraction of sp³-hybridized carbons (Fsp3) is 0.364. The molecule has 0 saturated carbocycles. The first-order valence-corrected chi connectivity index (χ1v) is 7.14. The largest absolute Gasteiger partial charge is 0.481 e. The summed E-state index contributed by atoms with van der Waals surface area (Å²) in [7, 11) is 0. The molecule has 0 bridgehead atoms. The number of carbonyl (C=O) groups is 1. The Hall–Kier alpha value is -1.34. The first kappa shape index (κ1) is 13.1. The van der Waals surface area contributed by atoms with Crippen LogP contribution in [-0.4, -0.2) is 31.4 Å². The Morgan fingerprint density at radius 1 is 1.56 bits per heavy atom. The molecular formula is C11H13N3O2S2. The Balaban J connectivity index is 2.14. The molecule has 2 rings (SSSR count). The van der Waals surface area contributed by atoms with Crippen LogP contribution in [0.2, 0.25) is 0 Å². The second-order valence-electron chi connectivity index (χ2n) is 3.84. The highest BCUT2D eigenvalue weighted by molar-refractivity contribution is 7.99. The second-order valence-corrected chi connectivity index (χ2v) is 6.10. The molecule has 1 N–H and O–H groups in total. The van der Waals surface area contributed by atoms with E-state index < -0.39 is 5.97 Å². The van der Waals surface area contributed by atoms with Crippen molar-refractivity contribution in [3.05, 3.63) is 28.0 Å². The van der Waals surface area contributed by atoms with Gasteiger partial charge in [-0.2, -0.15) is 0 Å². The van der Waals surface area contributed by atoms with Crippen LogP contribution >= 0.6 is 23.1 Å². The van der Waals surface area contributed by atoms with E-state index in [0.717, 1.165) is 15.9 Å². The summed E-state index contributed by atoms with van der Waals surface area (Å²) in [6, 6.07) is 0. The van der Waals surface area contributed by atoms with Gasteiger partial charge in [-0.25, -0.2) is 9.97 Å². The van der Waals surface area contributed by atoms with E-state index in [9.17, 15) is 4.79 Å². The van der Waals surface area contributed by atoms with Crippen molar-refractivity contribution < 1.29 is 9.90 Å². The summed E-state index contributed by atoms with van der Waals surface area (Å²) in [5.74, 6) is -0.815. The van der Waals surface area contributed by atoms with Gasteiger partial charge >= 0.3 is 5.97 Å². The fourth-order valence-electron chi connectivity index (χ4n) is 1.50. The number of carboxylic acid groups (broad SMARTS) is 1. The third kappa shape index (κ3) is 3.33. The number of imidazole rings is 1. The molecule has 0 spiro atoms.